The SMILES string of the molecule is C=C(/C=C\C=C/C)[C@@H](C)/C=C(\N=C(/C)c1ccc(B2OC(C)(C)C(C)(C)O2)cc1)c1ccccc1. The lowest BCUT2D eigenvalue weighted by Gasteiger charge is -2.32. The topological polar surface area (TPSA) is 30.8 Å². The molecule has 1 saturated heterocycles. The summed E-state index contributed by atoms with van der Waals surface area (Å²) in [7, 11) is -0.367. The fourth-order valence-corrected chi connectivity index (χ4v) is 3.70. The molecule has 2 aromatic rings. The fraction of sp³-hybridized carbons (Fsp3) is 0.323. The minimum atomic E-state index is -0.367. The van der Waals surface area contributed by atoms with Crippen LogP contribution in [0.1, 0.15) is 59.6 Å². The molecule has 1 fully saturated rings. The van der Waals surface area contributed by atoms with Crippen molar-refractivity contribution >= 4 is 24.0 Å². The third-order valence-corrected chi connectivity index (χ3v) is 6.82. The largest absolute Gasteiger partial charge is 0.494 e. The molecule has 0 bridgehead atoms. The molecule has 0 radical (unpaired) electrons. The predicted molar refractivity (Wildman–Crippen MR) is 151 cm³/mol. The molecule has 3 rings (SSSR count). The van der Waals surface area contributed by atoms with Crippen molar-refractivity contribution in [3.63, 3.8) is 0 Å². The zero-order chi connectivity index (χ0) is 25.6. The molecular weight excluding hydrogens is 429 g/mol. The second-order valence-corrected chi connectivity index (χ2v) is 10.1. The number of allylic oxidation sites excluding steroid dienone is 6. The Hall–Kier alpha value is -2.95. The average Bonchev–Trinajstić information content (AvgIpc) is 3.06. The highest BCUT2D eigenvalue weighted by molar-refractivity contribution is 6.62. The zero-order valence-electron chi connectivity index (χ0n) is 22.2. The Bertz CT molecular complexity index is 1120. The van der Waals surface area contributed by atoms with Crippen molar-refractivity contribution in [1.29, 1.82) is 0 Å². The molecule has 0 saturated carbocycles. The number of aliphatic imine (C=N–C) groups is 1. The molecule has 0 aromatic heterocycles. The molecule has 0 amide bonds. The van der Waals surface area contributed by atoms with Crippen molar-refractivity contribution in [3.05, 3.63) is 108 Å². The van der Waals surface area contributed by atoms with Gasteiger partial charge in [0, 0.05) is 11.6 Å². The maximum Gasteiger partial charge on any atom is 0.494 e. The summed E-state index contributed by atoms with van der Waals surface area (Å²) in [6.07, 6.45) is 10.3. The van der Waals surface area contributed by atoms with E-state index < -0.39 is 0 Å². The Kier molecular flexibility index (Phi) is 8.53. The Balaban J connectivity index is 1.86. The van der Waals surface area contributed by atoms with Crippen LogP contribution in [0.5, 0.6) is 0 Å². The molecular formula is C31H38BNO2. The van der Waals surface area contributed by atoms with E-state index in [4.69, 9.17) is 14.3 Å². The lowest BCUT2D eigenvalue weighted by atomic mass is 9.78. The van der Waals surface area contributed by atoms with Crippen LogP contribution in [0.3, 0.4) is 0 Å². The second kappa shape index (κ2) is 11.2. The molecule has 4 heteroatoms. The van der Waals surface area contributed by atoms with Crippen molar-refractivity contribution in [2.24, 2.45) is 10.9 Å². The number of nitrogens with zero attached hydrogens (tertiary/aromatic N) is 1. The summed E-state index contributed by atoms with van der Waals surface area (Å²) in [6, 6.07) is 18.6. The van der Waals surface area contributed by atoms with Crippen LogP contribution in [0.15, 0.2) is 102 Å². The summed E-state index contributed by atoms with van der Waals surface area (Å²) in [4.78, 5) is 5.05. The number of rotatable bonds is 8. The Morgan fingerprint density at radius 2 is 1.51 bits per heavy atom. The molecule has 0 spiro atoms. The van der Waals surface area contributed by atoms with Crippen LogP contribution in [0.25, 0.3) is 5.70 Å². The molecule has 35 heavy (non-hydrogen) atoms. The summed E-state index contributed by atoms with van der Waals surface area (Å²) in [5.74, 6) is 0.147. The van der Waals surface area contributed by atoms with E-state index in [9.17, 15) is 0 Å². The predicted octanol–water partition coefficient (Wildman–Crippen LogP) is 7.16. The van der Waals surface area contributed by atoms with Crippen LogP contribution in [0.2, 0.25) is 0 Å². The summed E-state index contributed by atoms with van der Waals surface area (Å²) in [6.45, 7) is 18.7. The average molecular weight is 467 g/mol. The van der Waals surface area contributed by atoms with Gasteiger partial charge in [-0.05, 0) is 63.7 Å². The first-order valence-corrected chi connectivity index (χ1v) is 12.3. The third-order valence-electron chi connectivity index (χ3n) is 6.82. The van der Waals surface area contributed by atoms with Gasteiger partial charge in [0.25, 0.3) is 0 Å². The van der Waals surface area contributed by atoms with Crippen LogP contribution in [0.4, 0.5) is 0 Å². The van der Waals surface area contributed by atoms with E-state index in [-0.39, 0.29) is 24.2 Å². The van der Waals surface area contributed by atoms with Crippen LogP contribution in [0, 0.1) is 5.92 Å². The molecule has 3 nitrogen and oxygen atoms in total. The van der Waals surface area contributed by atoms with Gasteiger partial charge in [-0.2, -0.15) is 0 Å². The van der Waals surface area contributed by atoms with Gasteiger partial charge in [0.1, 0.15) is 0 Å². The zero-order valence-corrected chi connectivity index (χ0v) is 22.2. The monoisotopic (exact) mass is 467 g/mol. The van der Waals surface area contributed by atoms with Crippen molar-refractivity contribution in [2.45, 2.75) is 59.7 Å². The van der Waals surface area contributed by atoms with Crippen molar-refractivity contribution < 1.29 is 9.31 Å². The van der Waals surface area contributed by atoms with E-state index >= 15 is 0 Å². The third kappa shape index (κ3) is 6.59. The molecule has 1 atom stereocenters. The number of benzene rings is 2. The highest BCUT2D eigenvalue weighted by Crippen LogP contribution is 2.36. The highest BCUT2D eigenvalue weighted by atomic mass is 16.7. The van der Waals surface area contributed by atoms with Crippen molar-refractivity contribution in [2.75, 3.05) is 0 Å². The fourth-order valence-electron chi connectivity index (χ4n) is 3.70. The Morgan fingerprint density at radius 1 is 0.914 bits per heavy atom. The van der Waals surface area contributed by atoms with Crippen LogP contribution in [-0.4, -0.2) is 24.0 Å². The highest BCUT2D eigenvalue weighted by Gasteiger charge is 2.51. The van der Waals surface area contributed by atoms with Gasteiger partial charge in [-0.1, -0.05) is 98.5 Å². The van der Waals surface area contributed by atoms with Crippen LogP contribution < -0.4 is 5.46 Å². The van der Waals surface area contributed by atoms with E-state index in [0.29, 0.717) is 0 Å². The van der Waals surface area contributed by atoms with Crippen LogP contribution >= 0.6 is 0 Å². The van der Waals surface area contributed by atoms with E-state index in [1.807, 2.05) is 50.3 Å². The molecule has 182 valence electrons. The van der Waals surface area contributed by atoms with Gasteiger partial charge in [-0.25, -0.2) is 0 Å². The summed E-state index contributed by atoms with van der Waals surface area (Å²) < 4.78 is 12.4. The lowest BCUT2D eigenvalue weighted by molar-refractivity contribution is 0.00578. The first-order chi connectivity index (χ1) is 16.5. The minimum absolute atomic E-state index is 0.147. The molecule has 1 aliphatic heterocycles. The van der Waals surface area contributed by atoms with Gasteiger partial charge < -0.3 is 9.31 Å². The van der Waals surface area contributed by atoms with E-state index in [2.05, 4.69) is 89.7 Å². The normalized spacial score (nSPS) is 19.0. The smallest absolute Gasteiger partial charge is 0.399 e. The molecule has 0 unspecified atom stereocenters. The van der Waals surface area contributed by atoms with Crippen LogP contribution in [-0.2, 0) is 9.31 Å². The van der Waals surface area contributed by atoms with Crippen molar-refractivity contribution in [3.8, 4) is 0 Å². The molecule has 2 aromatic carbocycles. The Morgan fingerprint density at radius 3 is 2.09 bits per heavy atom. The summed E-state index contributed by atoms with van der Waals surface area (Å²) in [5.41, 5.74) is 5.36. The molecule has 0 N–H and O–H groups in total. The van der Waals surface area contributed by atoms with Gasteiger partial charge in [0.15, 0.2) is 0 Å². The molecule has 1 heterocycles. The minimum Gasteiger partial charge on any atom is -0.399 e. The van der Waals surface area contributed by atoms with Gasteiger partial charge >= 0.3 is 7.12 Å². The number of hydrogen-bond donors (Lipinski definition) is 0. The first-order valence-electron chi connectivity index (χ1n) is 12.3. The second-order valence-electron chi connectivity index (χ2n) is 10.1. The maximum atomic E-state index is 6.19. The summed E-state index contributed by atoms with van der Waals surface area (Å²) >= 11 is 0. The van der Waals surface area contributed by atoms with E-state index in [0.717, 1.165) is 33.6 Å². The van der Waals surface area contributed by atoms with E-state index in [1.54, 1.807) is 0 Å². The summed E-state index contributed by atoms with van der Waals surface area (Å²) in [5, 5.41) is 0. The maximum absolute atomic E-state index is 6.19. The quantitative estimate of drug-likeness (QED) is 0.234. The number of hydrogen-bond acceptors (Lipinski definition) is 3. The Labute approximate surface area is 212 Å². The lowest BCUT2D eigenvalue weighted by Crippen LogP contribution is -2.41. The van der Waals surface area contributed by atoms with Crippen molar-refractivity contribution in [1.82, 2.24) is 0 Å². The van der Waals surface area contributed by atoms with E-state index in [1.165, 1.54) is 0 Å². The standard InChI is InChI=1S/C31H38BNO2/c1-9-10-12-15-23(2)24(3)22-29(27-16-13-11-14-17-27)33-25(4)26-18-20-28(21-19-26)32-34-30(5,6)31(7,8)35-32/h9-22,24H,2H2,1,3-8H3/b10-9-,15-12-,29-22-,33-25+/t24-/m0/s1. The van der Waals surface area contributed by atoms with Gasteiger partial charge in [-0.15, -0.1) is 0 Å². The molecule has 1 aliphatic rings. The molecule has 0 aliphatic carbocycles. The van der Waals surface area contributed by atoms with Gasteiger partial charge in [0.2, 0.25) is 0 Å². The van der Waals surface area contributed by atoms with Gasteiger partial charge in [-0.3, -0.25) is 4.99 Å². The van der Waals surface area contributed by atoms with Gasteiger partial charge in [0.05, 0.1) is 16.9 Å². The first kappa shape index (κ1) is 26.7.